The molecule has 2 heterocycles. The topological polar surface area (TPSA) is 54.0 Å². The Kier molecular flexibility index (Phi) is 3.74. The molecular formula is C13H19N3O. The monoisotopic (exact) mass is 233 g/mol. The lowest BCUT2D eigenvalue weighted by molar-refractivity contribution is 0.0914. The van der Waals surface area contributed by atoms with Gasteiger partial charge in [0.15, 0.2) is 0 Å². The van der Waals surface area contributed by atoms with Gasteiger partial charge >= 0.3 is 0 Å². The molecule has 1 aromatic rings. The summed E-state index contributed by atoms with van der Waals surface area (Å²) in [6.07, 6.45) is 2.14. The number of rotatable bonds is 2. The van der Waals surface area contributed by atoms with Crippen molar-refractivity contribution in [2.24, 2.45) is 0 Å². The standard InChI is InChI=1S/C13H19N3O/c1-9-5-3-6-12(15-9)13(17)16-11-7-4-8-14-10(11)2/h3,5-6,10-11,14H,4,7-8H2,1-2H3,(H,16,17). The molecule has 0 bridgehead atoms. The van der Waals surface area contributed by atoms with Gasteiger partial charge in [-0.25, -0.2) is 4.98 Å². The van der Waals surface area contributed by atoms with Crippen LogP contribution in [0.4, 0.5) is 0 Å². The van der Waals surface area contributed by atoms with E-state index >= 15 is 0 Å². The average Bonchev–Trinajstić information content (AvgIpc) is 2.32. The second kappa shape index (κ2) is 5.27. The molecule has 2 rings (SSSR count). The fourth-order valence-corrected chi connectivity index (χ4v) is 2.15. The van der Waals surface area contributed by atoms with Crippen molar-refractivity contribution >= 4 is 5.91 Å². The fourth-order valence-electron chi connectivity index (χ4n) is 2.15. The third-order valence-electron chi connectivity index (χ3n) is 3.20. The number of amides is 1. The Bertz CT molecular complexity index is 405. The second-order valence-electron chi connectivity index (χ2n) is 4.63. The summed E-state index contributed by atoms with van der Waals surface area (Å²) in [5, 5.41) is 6.41. The summed E-state index contributed by atoms with van der Waals surface area (Å²) < 4.78 is 0. The van der Waals surface area contributed by atoms with Crippen LogP contribution in [-0.2, 0) is 0 Å². The van der Waals surface area contributed by atoms with Crippen LogP contribution in [0.15, 0.2) is 18.2 Å². The Hall–Kier alpha value is -1.42. The molecule has 1 aromatic heterocycles. The summed E-state index contributed by atoms with van der Waals surface area (Å²) >= 11 is 0. The van der Waals surface area contributed by atoms with E-state index in [1.54, 1.807) is 6.07 Å². The van der Waals surface area contributed by atoms with Crippen LogP contribution in [0.25, 0.3) is 0 Å². The number of hydrogen-bond donors (Lipinski definition) is 2. The van der Waals surface area contributed by atoms with E-state index in [1.165, 1.54) is 0 Å². The molecule has 1 amide bonds. The quantitative estimate of drug-likeness (QED) is 0.808. The number of nitrogens with zero attached hydrogens (tertiary/aromatic N) is 1. The predicted molar refractivity (Wildman–Crippen MR) is 66.9 cm³/mol. The maximum atomic E-state index is 12.0. The number of aryl methyl sites for hydroxylation is 1. The summed E-state index contributed by atoms with van der Waals surface area (Å²) in [5.41, 5.74) is 1.37. The van der Waals surface area contributed by atoms with Gasteiger partial charge in [-0.3, -0.25) is 4.79 Å². The highest BCUT2D eigenvalue weighted by Gasteiger charge is 2.23. The Morgan fingerprint density at radius 2 is 2.35 bits per heavy atom. The Labute approximate surface area is 102 Å². The van der Waals surface area contributed by atoms with E-state index in [2.05, 4.69) is 22.5 Å². The van der Waals surface area contributed by atoms with Crippen LogP contribution in [0.3, 0.4) is 0 Å². The van der Waals surface area contributed by atoms with Crippen LogP contribution in [0.5, 0.6) is 0 Å². The van der Waals surface area contributed by atoms with E-state index in [1.807, 2.05) is 19.1 Å². The highest BCUT2D eigenvalue weighted by Crippen LogP contribution is 2.09. The van der Waals surface area contributed by atoms with Crippen molar-refractivity contribution in [2.45, 2.75) is 38.8 Å². The van der Waals surface area contributed by atoms with E-state index in [9.17, 15) is 4.79 Å². The molecule has 0 saturated carbocycles. The van der Waals surface area contributed by atoms with Crippen LogP contribution in [0.1, 0.15) is 35.9 Å². The van der Waals surface area contributed by atoms with Gasteiger partial charge in [-0.1, -0.05) is 6.07 Å². The van der Waals surface area contributed by atoms with Gasteiger partial charge in [0.25, 0.3) is 5.91 Å². The minimum atomic E-state index is -0.0748. The number of carbonyl (C=O) groups is 1. The first-order chi connectivity index (χ1) is 8.16. The number of carbonyl (C=O) groups excluding carboxylic acids is 1. The smallest absolute Gasteiger partial charge is 0.270 e. The predicted octanol–water partition coefficient (Wildman–Crippen LogP) is 1.26. The lowest BCUT2D eigenvalue weighted by Crippen LogP contribution is -2.52. The first-order valence-corrected chi connectivity index (χ1v) is 6.15. The van der Waals surface area contributed by atoms with E-state index in [-0.39, 0.29) is 11.9 Å². The van der Waals surface area contributed by atoms with Crippen LogP contribution >= 0.6 is 0 Å². The molecular weight excluding hydrogens is 214 g/mol. The maximum absolute atomic E-state index is 12.0. The van der Waals surface area contributed by atoms with Gasteiger partial charge in [0.05, 0.1) is 0 Å². The highest BCUT2D eigenvalue weighted by atomic mass is 16.1. The average molecular weight is 233 g/mol. The molecule has 4 nitrogen and oxygen atoms in total. The lowest BCUT2D eigenvalue weighted by Gasteiger charge is -2.30. The zero-order valence-electron chi connectivity index (χ0n) is 10.4. The van der Waals surface area contributed by atoms with Crippen molar-refractivity contribution in [3.05, 3.63) is 29.6 Å². The zero-order valence-corrected chi connectivity index (χ0v) is 10.4. The molecule has 1 aliphatic rings. The molecule has 0 spiro atoms. The largest absolute Gasteiger partial charge is 0.346 e. The van der Waals surface area contributed by atoms with Crippen LogP contribution in [0.2, 0.25) is 0 Å². The van der Waals surface area contributed by atoms with Crippen molar-refractivity contribution in [1.82, 2.24) is 15.6 Å². The number of nitrogens with one attached hydrogen (secondary N) is 2. The SMILES string of the molecule is Cc1cccc(C(=O)NC2CCCNC2C)n1. The summed E-state index contributed by atoms with van der Waals surface area (Å²) in [4.78, 5) is 16.2. The first kappa shape index (κ1) is 12.0. The maximum Gasteiger partial charge on any atom is 0.270 e. The van der Waals surface area contributed by atoms with E-state index in [0.717, 1.165) is 25.1 Å². The molecule has 0 aliphatic carbocycles. The Morgan fingerprint density at radius 1 is 1.53 bits per heavy atom. The molecule has 1 fully saturated rings. The molecule has 1 saturated heterocycles. The summed E-state index contributed by atoms with van der Waals surface area (Å²) in [6, 6.07) is 6.04. The van der Waals surface area contributed by atoms with Crippen molar-refractivity contribution in [1.29, 1.82) is 0 Å². The molecule has 92 valence electrons. The normalized spacial score (nSPS) is 24.4. The molecule has 4 heteroatoms. The number of pyridine rings is 1. The Morgan fingerprint density at radius 3 is 3.06 bits per heavy atom. The minimum absolute atomic E-state index is 0.0748. The van der Waals surface area contributed by atoms with Crippen LogP contribution in [-0.4, -0.2) is 29.5 Å². The number of piperidine rings is 1. The van der Waals surface area contributed by atoms with Gasteiger partial charge in [-0.05, 0) is 45.4 Å². The summed E-state index contributed by atoms with van der Waals surface area (Å²) in [7, 11) is 0. The molecule has 0 aromatic carbocycles. The molecule has 0 radical (unpaired) electrons. The van der Waals surface area contributed by atoms with E-state index < -0.39 is 0 Å². The highest BCUT2D eigenvalue weighted by molar-refractivity contribution is 5.92. The van der Waals surface area contributed by atoms with Crippen molar-refractivity contribution in [3.8, 4) is 0 Å². The van der Waals surface area contributed by atoms with Crippen LogP contribution < -0.4 is 10.6 Å². The lowest BCUT2D eigenvalue weighted by atomic mass is 10.00. The van der Waals surface area contributed by atoms with Crippen molar-refractivity contribution in [3.63, 3.8) is 0 Å². The van der Waals surface area contributed by atoms with Gasteiger partial charge in [0.1, 0.15) is 5.69 Å². The van der Waals surface area contributed by atoms with E-state index in [4.69, 9.17) is 0 Å². The Balaban J connectivity index is 2.01. The molecule has 2 N–H and O–H groups in total. The summed E-state index contributed by atoms with van der Waals surface area (Å²) in [5.74, 6) is -0.0748. The second-order valence-corrected chi connectivity index (χ2v) is 4.63. The zero-order chi connectivity index (χ0) is 12.3. The van der Waals surface area contributed by atoms with E-state index in [0.29, 0.717) is 11.7 Å². The molecule has 2 atom stereocenters. The molecule has 17 heavy (non-hydrogen) atoms. The van der Waals surface area contributed by atoms with Gasteiger partial charge in [-0.15, -0.1) is 0 Å². The first-order valence-electron chi connectivity index (χ1n) is 6.15. The molecule has 2 unspecified atom stereocenters. The van der Waals surface area contributed by atoms with Gasteiger partial charge in [-0.2, -0.15) is 0 Å². The molecule has 1 aliphatic heterocycles. The number of aromatic nitrogens is 1. The van der Waals surface area contributed by atoms with Gasteiger partial charge in [0.2, 0.25) is 0 Å². The van der Waals surface area contributed by atoms with Crippen molar-refractivity contribution < 1.29 is 4.79 Å². The van der Waals surface area contributed by atoms with Gasteiger partial charge in [0, 0.05) is 17.8 Å². The van der Waals surface area contributed by atoms with Crippen molar-refractivity contribution in [2.75, 3.05) is 6.54 Å². The minimum Gasteiger partial charge on any atom is -0.346 e. The van der Waals surface area contributed by atoms with Gasteiger partial charge < -0.3 is 10.6 Å². The third kappa shape index (κ3) is 3.03. The van der Waals surface area contributed by atoms with Crippen LogP contribution in [0, 0.1) is 6.92 Å². The fraction of sp³-hybridized carbons (Fsp3) is 0.538. The summed E-state index contributed by atoms with van der Waals surface area (Å²) in [6.45, 7) is 5.03. The third-order valence-corrected chi connectivity index (χ3v) is 3.20. The number of hydrogen-bond acceptors (Lipinski definition) is 3.